The Morgan fingerprint density at radius 3 is 2.96 bits per heavy atom. The predicted molar refractivity (Wildman–Crippen MR) is 97.8 cm³/mol. The number of phenolic OH excluding ortho intramolecular Hbond substituents is 1. The van der Waals surface area contributed by atoms with Crippen LogP contribution in [0, 0.1) is 0 Å². The highest BCUT2D eigenvalue weighted by molar-refractivity contribution is 5.85. The second-order valence-corrected chi connectivity index (χ2v) is 5.99. The Labute approximate surface area is 144 Å². The molecule has 0 bridgehead atoms. The van der Waals surface area contributed by atoms with Gasteiger partial charge in [0.15, 0.2) is 11.5 Å². The van der Waals surface area contributed by atoms with Gasteiger partial charge in [-0.1, -0.05) is 18.2 Å². The van der Waals surface area contributed by atoms with Crippen molar-refractivity contribution in [3.63, 3.8) is 0 Å². The molecular formula is C20H18N2O3. The summed E-state index contributed by atoms with van der Waals surface area (Å²) in [6, 6.07) is 12.8. The SMILES string of the molecule is CCOc1cc(C=C2CCn3c2nc(=O)c2ccccc23)ccc1O. The maximum Gasteiger partial charge on any atom is 0.281 e. The van der Waals surface area contributed by atoms with Crippen molar-refractivity contribution < 1.29 is 9.84 Å². The Morgan fingerprint density at radius 2 is 2.12 bits per heavy atom. The highest BCUT2D eigenvalue weighted by Gasteiger charge is 2.20. The fourth-order valence-corrected chi connectivity index (χ4v) is 3.27. The molecule has 0 aliphatic carbocycles. The van der Waals surface area contributed by atoms with E-state index in [2.05, 4.69) is 9.55 Å². The van der Waals surface area contributed by atoms with Gasteiger partial charge in [0.2, 0.25) is 0 Å². The van der Waals surface area contributed by atoms with Gasteiger partial charge in [-0.25, -0.2) is 0 Å². The first kappa shape index (κ1) is 15.4. The van der Waals surface area contributed by atoms with E-state index in [9.17, 15) is 9.90 Å². The number of benzene rings is 2. The van der Waals surface area contributed by atoms with Crippen molar-refractivity contribution >= 4 is 22.6 Å². The van der Waals surface area contributed by atoms with Crippen LogP contribution in [-0.2, 0) is 6.54 Å². The summed E-state index contributed by atoms with van der Waals surface area (Å²) in [4.78, 5) is 16.6. The van der Waals surface area contributed by atoms with Crippen LogP contribution in [0.1, 0.15) is 24.7 Å². The number of allylic oxidation sites excluding steroid dienone is 1. The topological polar surface area (TPSA) is 64.4 Å². The van der Waals surface area contributed by atoms with Crippen LogP contribution in [0.5, 0.6) is 11.5 Å². The molecule has 5 nitrogen and oxygen atoms in total. The lowest BCUT2D eigenvalue weighted by atomic mass is 10.1. The largest absolute Gasteiger partial charge is 0.504 e. The number of aryl methyl sites for hydroxylation is 1. The highest BCUT2D eigenvalue weighted by Crippen LogP contribution is 2.32. The second kappa shape index (κ2) is 6.09. The van der Waals surface area contributed by atoms with Crippen LogP contribution >= 0.6 is 0 Å². The quantitative estimate of drug-likeness (QED) is 0.797. The maximum absolute atomic E-state index is 12.3. The molecule has 0 fully saturated rings. The lowest BCUT2D eigenvalue weighted by molar-refractivity contribution is 0.318. The molecule has 126 valence electrons. The summed E-state index contributed by atoms with van der Waals surface area (Å²) in [5, 5.41) is 10.5. The third kappa shape index (κ3) is 2.67. The molecule has 0 atom stereocenters. The molecule has 1 N–H and O–H groups in total. The summed E-state index contributed by atoms with van der Waals surface area (Å²) in [5.74, 6) is 1.30. The fraction of sp³-hybridized carbons (Fsp3) is 0.200. The smallest absolute Gasteiger partial charge is 0.281 e. The normalized spacial score (nSPS) is 14.8. The molecule has 0 saturated carbocycles. The Hall–Kier alpha value is -3.08. The maximum atomic E-state index is 12.3. The molecule has 1 aliphatic heterocycles. The summed E-state index contributed by atoms with van der Waals surface area (Å²) in [6.07, 6.45) is 2.81. The van der Waals surface area contributed by atoms with E-state index in [0.717, 1.165) is 35.4 Å². The summed E-state index contributed by atoms with van der Waals surface area (Å²) in [7, 11) is 0. The van der Waals surface area contributed by atoms with E-state index >= 15 is 0 Å². The monoisotopic (exact) mass is 334 g/mol. The van der Waals surface area contributed by atoms with Gasteiger partial charge in [0.1, 0.15) is 5.82 Å². The third-order valence-corrected chi connectivity index (χ3v) is 4.40. The Morgan fingerprint density at radius 1 is 1.28 bits per heavy atom. The molecule has 25 heavy (non-hydrogen) atoms. The van der Waals surface area contributed by atoms with Gasteiger partial charge in [-0.05, 0) is 54.8 Å². The van der Waals surface area contributed by atoms with Gasteiger partial charge in [-0.2, -0.15) is 4.98 Å². The van der Waals surface area contributed by atoms with Crippen molar-refractivity contribution in [3.05, 3.63) is 64.2 Å². The van der Waals surface area contributed by atoms with Crippen molar-refractivity contribution in [1.82, 2.24) is 9.55 Å². The average molecular weight is 334 g/mol. The molecule has 5 heteroatoms. The van der Waals surface area contributed by atoms with Crippen molar-refractivity contribution in [2.75, 3.05) is 6.61 Å². The van der Waals surface area contributed by atoms with Gasteiger partial charge >= 0.3 is 0 Å². The van der Waals surface area contributed by atoms with Gasteiger partial charge in [0, 0.05) is 6.54 Å². The molecule has 0 saturated heterocycles. The molecule has 3 aromatic rings. The molecule has 0 spiro atoms. The first-order valence-corrected chi connectivity index (χ1v) is 8.33. The number of aromatic nitrogens is 2. The molecule has 2 heterocycles. The standard InChI is InChI=1S/C20H18N2O3/c1-2-25-18-12-13(7-8-17(18)23)11-14-9-10-22-16-6-4-3-5-15(16)20(24)21-19(14)22/h3-8,11-12,23H,2,9-10H2,1H3. The molecular weight excluding hydrogens is 316 g/mol. The first-order valence-electron chi connectivity index (χ1n) is 8.33. The minimum Gasteiger partial charge on any atom is -0.504 e. The van der Waals surface area contributed by atoms with E-state index in [4.69, 9.17) is 4.74 Å². The summed E-state index contributed by atoms with van der Waals surface area (Å²) in [5.41, 5.74) is 2.64. The Balaban J connectivity index is 1.82. The van der Waals surface area contributed by atoms with E-state index in [-0.39, 0.29) is 11.3 Å². The van der Waals surface area contributed by atoms with Crippen molar-refractivity contribution in [2.45, 2.75) is 19.9 Å². The van der Waals surface area contributed by atoms with Gasteiger partial charge < -0.3 is 14.4 Å². The van der Waals surface area contributed by atoms with E-state index in [1.165, 1.54) is 0 Å². The zero-order valence-electron chi connectivity index (χ0n) is 13.9. The van der Waals surface area contributed by atoms with Crippen LogP contribution < -0.4 is 10.3 Å². The number of hydrogen-bond donors (Lipinski definition) is 1. The van der Waals surface area contributed by atoms with Crippen LogP contribution in [-0.4, -0.2) is 21.3 Å². The number of nitrogens with zero attached hydrogens (tertiary/aromatic N) is 2. The van der Waals surface area contributed by atoms with Crippen molar-refractivity contribution in [1.29, 1.82) is 0 Å². The van der Waals surface area contributed by atoms with Gasteiger partial charge in [-0.3, -0.25) is 4.79 Å². The van der Waals surface area contributed by atoms with Crippen molar-refractivity contribution in [3.8, 4) is 11.5 Å². The highest BCUT2D eigenvalue weighted by atomic mass is 16.5. The van der Waals surface area contributed by atoms with Gasteiger partial charge in [-0.15, -0.1) is 0 Å². The number of hydrogen-bond acceptors (Lipinski definition) is 4. The van der Waals surface area contributed by atoms with Gasteiger partial charge in [0.05, 0.1) is 17.5 Å². The molecule has 0 amide bonds. The van der Waals surface area contributed by atoms with E-state index in [0.29, 0.717) is 17.7 Å². The minimum atomic E-state index is -0.199. The van der Waals surface area contributed by atoms with Crippen LogP contribution in [0.3, 0.4) is 0 Å². The second-order valence-electron chi connectivity index (χ2n) is 5.99. The summed E-state index contributed by atoms with van der Waals surface area (Å²) in [6.45, 7) is 3.16. The van der Waals surface area contributed by atoms with E-state index < -0.39 is 0 Å². The fourth-order valence-electron chi connectivity index (χ4n) is 3.27. The lowest BCUT2D eigenvalue weighted by Gasteiger charge is -2.08. The van der Waals surface area contributed by atoms with E-state index in [1.807, 2.05) is 43.3 Å². The van der Waals surface area contributed by atoms with Crippen LogP contribution in [0.4, 0.5) is 0 Å². The molecule has 0 radical (unpaired) electrons. The van der Waals surface area contributed by atoms with E-state index in [1.54, 1.807) is 12.1 Å². The number of fused-ring (bicyclic) bond motifs is 3. The van der Waals surface area contributed by atoms with Crippen LogP contribution in [0.15, 0.2) is 47.3 Å². The minimum absolute atomic E-state index is 0.121. The summed E-state index contributed by atoms with van der Waals surface area (Å²) < 4.78 is 7.53. The van der Waals surface area contributed by atoms with Crippen LogP contribution in [0.2, 0.25) is 0 Å². The zero-order chi connectivity index (χ0) is 17.4. The number of rotatable bonds is 3. The Bertz CT molecular complexity index is 1050. The predicted octanol–water partition coefficient (Wildman–Crippen LogP) is 3.45. The number of para-hydroxylation sites is 1. The molecule has 1 aromatic heterocycles. The average Bonchev–Trinajstić information content (AvgIpc) is 3.01. The number of aromatic hydroxyl groups is 1. The zero-order valence-corrected chi connectivity index (χ0v) is 13.9. The van der Waals surface area contributed by atoms with Crippen molar-refractivity contribution in [2.24, 2.45) is 0 Å². The number of ether oxygens (including phenoxy) is 1. The molecule has 1 aliphatic rings. The lowest BCUT2D eigenvalue weighted by Crippen LogP contribution is -2.14. The molecule has 4 rings (SSSR count). The summed E-state index contributed by atoms with van der Waals surface area (Å²) >= 11 is 0. The van der Waals surface area contributed by atoms with Crippen LogP contribution in [0.25, 0.3) is 22.6 Å². The number of phenols is 1. The Kier molecular flexibility index (Phi) is 3.76. The third-order valence-electron chi connectivity index (χ3n) is 4.40. The molecule has 2 aromatic carbocycles. The first-order chi connectivity index (χ1) is 12.2. The molecule has 0 unspecified atom stereocenters. The van der Waals surface area contributed by atoms with Gasteiger partial charge in [0.25, 0.3) is 5.56 Å².